The second-order valence-corrected chi connectivity index (χ2v) is 7.30. The molecule has 2 aliphatic rings. The van der Waals surface area contributed by atoms with Crippen molar-refractivity contribution in [2.45, 2.75) is 32.6 Å². The van der Waals surface area contributed by atoms with Crippen molar-refractivity contribution in [3.63, 3.8) is 0 Å². The molecule has 2 heterocycles. The molecule has 148 valence electrons. The summed E-state index contributed by atoms with van der Waals surface area (Å²) in [4.78, 5) is 30.8. The third-order valence-corrected chi connectivity index (χ3v) is 5.40. The predicted octanol–water partition coefficient (Wildman–Crippen LogP) is 1.93. The van der Waals surface area contributed by atoms with Crippen LogP contribution in [-0.4, -0.2) is 74.1 Å². The number of carbonyl (C=O) groups is 2. The standard InChI is InChI=1S/C21H31N3O3/c1-2-27-21(26)10-6-11-22-13-15-23(16-14-22)17-20(25)24-12-5-8-18-7-3-4-9-19(18)24/h3-4,7,9H,2,5-6,8,10-17H2,1H3. The summed E-state index contributed by atoms with van der Waals surface area (Å²) in [5.41, 5.74) is 2.37. The molecule has 0 spiro atoms. The van der Waals surface area contributed by atoms with Gasteiger partial charge < -0.3 is 14.5 Å². The van der Waals surface area contributed by atoms with E-state index in [0.29, 0.717) is 19.6 Å². The Labute approximate surface area is 162 Å². The van der Waals surface area contributed by atoms with E-state index in [2.05, 4.69) is 21.9 Å². The summed E-state index contributed by atoms with van der Waals surface area (Å²) in [6.07, 6.45) is 3.42. The average Bonchev–Trinajstić information content (AvgIpc) is 2.69. The maximum Gasteiger partial charge on any atom is 0.305 e. The van der Waals surface area contributed by atoms with Gasteiger partial charge in [-0.25, -0.2) is 0 Å². The molecule has 0 radical (unpaired) electrons. The lowest BCUT2D eigenvalue weighted by molar-refractivity contribution is -0.143. The average molecular weight is 373 g/mol. The molecule has 1 fully saturated rings. The molecule has 1 aromatic rings. The van der Waals surface area contributed by atoms with E-state index in [1.807, 2.05) is 24.0 Å². The molecule has 3 rings (SSSR count). The summed E-state index contributed by atoms with van der Waals surface area (Å²) >= 11 is 0. The van der Waals surface area contributed by atoms with Gasteiger partial charge in [0.25, 0.3) is 0 Å². The Morgan fingerprint density at radius 2 is 1.78 bits per heavy atom. The van der Waals surface area contributed by atoms with Crippen LogP contribution in [0, 0.1) is 0 Å². The van der Waals surface area contributed by atoms with E-state index in [9.17, 15) is 9.59 Å². The molecule has 0 N–H and O–H groups in total. The minimum absolute atomic E-state index is 0.108. The molecule has 1 amide bonds. The molecule has 1 saturated heterocycles. The highest BCUT2D eigenvalue weighted by molar-refractivity contribution is 5.95. The molecule has 0 aliphatic carbocycles. The van der Waals surface area contributed by atoms with Crippen LogP contribution in [0.2, 0.25) is 0 Å². The molecule has 6 heteroatoms. The Balaban J connectivity index is 1.41. The number of anilines is 1. The van der Waals surface area contributed by atoms with Crippen LogP contribution in [0.5, 0.6) is 0 Å². The van der Waals surface area contributed by atoms with Gasteiger partial charge in [0, 0.05) is 44.8 Å². The van der Waals surface area contributed by atoms with Gasteiger partial charge in [-0.05, 0) is 44.4 Å². The molecule has 0 saturated carbocycles. The quantitative estimate of drug-likeness (QED) is 0.684. The van der Waals surface area contributed by atoms with Crippen molar-refractivity contribution < 1.29 is 14.3 Å². The van der Waals surface area contributed by atoms with Crippen LogP contribution in [0.3, 0.4) is 0 Å². The van der Waals surface area contributed by atoms with Crippen LogP contribution < -0.4 is 4.90 Å². The predicted molar refractivity (Wildman–Crippen MR) is 106 cm³/mol. The first-order chi connectivity index (χ1) is 13.2. The smallest absolute Gasteiger partial charge is 0.305 e. The fraction of sp³-hybridized carbons (Fsp3) is 0.619. The number of hydrogen-bond donors (Lipinski definition) is 0. The normalized spacial score (nSPS) is 18.2. The van der Waals surface area contributed by atoms with Gasteiger partial charge in [-0.2, -0.15) is 0 Å². The van der Waals surface area contributed by atoms with Gasteiger partial charge in [-0.3, -0.25) is 14.5 Å². The first-order valence-electron chi connectivity index (χ1n) is 10.2. The first-order valence-corrected chi connectivity index (χ1v) is 10.2. The number of amides is 1. The van der Waals surface area contributed by atoms with E-state index in [1.165, 1.54) is 5.56 Å². The Morgan fingerprint density at radius 1 is 1.04 bits per heavy atom. The van der Waals surface area contributed by atoms with Gasteiger partial charge in [0.1, 0.15) is 0 Å². The number of piperazine rings is 1. The third kappa shape index (κ3) is 5.53. The number of benzene rings is 1. The lowest BCUT2D eigenvalue weighted by atomic mass is 10.0. The molecule has 6 nitrogen and oxygen atoms in total. The van der Waals surface area contributed by atoms with Gasteiger partial charge in [-0.15, -0.1) is 0 Å². The minimum atomic E-state index is -0.108. The van der Waals surface area contributed by atoms with Gasteiger partial charge in [0.15, 0.2) is 0 Å². The van der Waals surface area contributed by atoms with E-state index >= 15 is 0 Å². The maximum atomic E-state index is 12.8. The zero-order valence-electron chi connectivity index (χ0n) is 16.4. The summed E-state index contributed by atoms with van der Waals surface area (Å²) in [5, 5.41) is 0. The highest BCUT2D eigenvalue weighted by Crippen LogP contribution is 2.26. The minimum Gasteiger partial charge on any atom is -0.466 e. The summed E-state index contributed by atoms with van der Waals surface area (Å²) < 4.78 is 4.97. The molecular weight excluding hydrogens is 342 g/mol. The lowest BCUT2D eigenvalue weighted by Gasteiger charge is -2.36. The van der Waals surface area contributed by atoms with Crippen LogP contribution in [0.15, 0.2) is 24.3 Å². The van der Waals surface area contributed by atoms with Crippen LogP contribution in [0.4, 0.5) is 5.69 Å². The summed E-state index contributed by atoms with van der Waals surface area (Å²) in [5.74, 6) is 0.0986. The second-order valence-electron chi connectivity index (χ2n) is 7.30. The Morgan fingerprint density at radius 3 is 2.56 bits per heavy atom. The monoisotopic (exact) mass is 373 g/mol. The van der Waals surface area contributed by atoms with Crippen molar-refractivity contribution in [1.82, 2.24) is 9.80 Å². The van der Waals surface area contributed by atoms with E-state index in [0.717, 1.165) is 64.2 Å². The van der Waals surface area contributed by atoms with Crippen molar-refractivity contribution in [3.8, 4) is 0 Å². The number of ether oxygens (including phenoxy) is 1. The number of carbonyl (C=O) groups excluding carboxylic acids is 2. The van der Waals surface area contributed by atoms with Crippen molar-refractivity contribution >= 4 is 17.6 Å². The van der Waals surface area contributed by atoms with Gasteiger partial charge in [0.05, 0.1) is 13.2 Å². The largest absolute Gasteiger partial charge is 0.466 e. The Hall–Kier alpha value is -1.92. The van der Waals surface area contributed by atoms with E-state index < -0.39 is 0 Å². The molecule has 2 aliphatic heterocycles. The molecule has 27 heavy (non-hydrogen) atoms. The number of nitrogens with zero attached hydrogens (tertiary/aromatic N) is 3. The van der Waals surface area contributed by atoms with Crippen molar-refractivity contribution in [3.05, 3.63) is 29.8 Å². The van der Waals surface area contributed by atoms with Crippen molar-refractivity contribution in [2.75, 3.05) is 57.3 Å². The van der Waals surface area contributed by atoms with Gasteiger partial charge in [-0.1, -0.05) is 18.2 Å². The number of esters is 1. The highest BCUT2D eigenvalue weighted by Gasteiger charge is 2.25. The summed E-state index contributed by atoms with van der Waals surface area (Å²) in [6.45, 7) is 8.23. The van der Waals surface area contributed by atoms with Gasteiger partial charge in [0.2, 0.25) is 5.91 Å². The number of aryl methyl sites for hydroxylation is 1. The number of para-hydroxylation sites is 1. The second kappa shape index (κ2) is 9.85. The molecule has 0 unspecified atom stereocenters. The summed E-state index contributed by atoms with van der Waals surface area (Å²) in [6, 6.07) is 8.26. The number of hydrogen-bond acceptors (Lipinski definition) is 5. The molecule has 0 bridgehead atoms. The van der Waals surface area contributed by atoms with E-state index in [-0.39, 0.29) is 11.9 Å². The molecule has 1 aromatic carbocycles. The van der Waals surface area contributed by atoms with Crippen LogP contribution in [0.25, 0.3) is 0 Å². The number of fused-ring (bicyclic) bond motifs is 1. The number of rotatable bonds is 7. The van der Waals surface area contributed by atoms with E-state index in [4.69, 9.17) is 4.74 Å². The van der Waals surface area contributed by atoms with Crippen molar-refractivity contribution in [2.24, 2.45) is 0 Å². The fourth-order valence-electron chi connectivity index (χ4n) is 3.92. The van der Waals surface area contributed by atoms with Crippen molar-refractivity contribution in [1.29, 1.82) is 0 Å². The Bertz CT molecular complexity index is 641. The SMILES string of the molecule is CCOC(=O)CCCN1CCN(CC(=O)N2CCCc3ccccc32)CC1. The Kier molecular flexibility index (Phi) is 7.24. The molecule has 0 atom stereocenters. The van der Waals surface area contributed by atoms with E-state index in [1.54, 1.807) is 0 Å². The van der Waals surface area contributed by atoms with Crippen LogP contribution in [0.1, 0.15) is 31.7 Å². The summed E-state index contributed by atoms with van der Waals surface area (Å²) in [7, 11) is 0. The van der Waals surface area contributed by atoms with Crippen LogP contribution >= 0.6 is 0 Å². The molecule has 0 aromatic heterocycles. The van der Waals surface area contributed by atoms with Crippen LogP contribution in [-0.2, 0) is 20.7 Å². The zero-order valence-corrected chi connectivity index (χ0v) is 16.4. The lowest BCUT2D eigenvalue weighted by Crippen LogP contribution is -2.50. The zero-order chi connectivity index (χ0) is 19.1. The maximum absolute atomic E-state index is 12.8. The van der Waals surface area contributed by atoms with Gasteiger partial charge >= 0.3 is 5.97 Å². The topological polar surface area (TPSA) is 53.1 Å². The third-order valence-electron chi connectivity index (χ3n) is 5.40. The fourth-order valence-corrected chi connectivity index (χ4v) is 3.92. The first kappa shape index (κ1) is 19.8. The highest BCUT2D eigenvalue weighted by atomic mass is 16.5. The molecular formula is C21H31N3O3.